The van der Waals surface area contributed by atoms with E-state index in [1.54, 1.807) is 0 Å². The summed E-state index contributed by atoms with van der Waals surface area (Å²) in [6, 6.07) is 6.44. The fourth-order valence-electron chi connectivity index (χ4n) is 2.71. The summed E-state index contributed by atoms with van der Waals surface area (Å²) in [6.07, 6.45) is 9.23. The van der Waals surface area contributed by atoms with E-state index in [4.69, 9.17) is 9.78 Å². The molecule has 3 N–H and O–H groups in total. The van der Waals surface area contributed by atoms with Crippen LogP contribution in [0.15, 0.2) is 18.2 Å². The zero-order valence-corrected chi connectivity index (χ0v) is 16.8. The van der Waals surface area contributed by atoms with Crippen LogP contribution in [0.4, 0.5) is 0 Å². The first-order valence-corrected chi connectivity index (χ1v) is 9.41. The van der Waals surface area contributed by atoms with Crippen molar-refractivity contribution in [2.24, 2.45) is 0 Å². The second-order valence-corrected chi connectivity index (χ2v) is 6.39. The SMILES string of the molecule is C=O.CCC.CCC.Cc1ccc2nc(C3CCCCC3)[nH]c2c1.O.[HH]. The number of aryl methyl sites for hydroxylation is 1. The van der Waals surface area contributed by atoms with Gasteiger partial charge in [0, 0.05) is 7.34 Å². The smallest absolute Gasteiger partial charge is 0.110 e. The van der Waals surface area contributed by atoms with Crippen LogP contribution in [0.2, 0.25) is 0 Å². The van der Waals surface area contributed by atoms with Crippen molar-refractivity contribution >= 4 is 17.8 Å². The number of rotatable bonds is 1. The zero-order chi connectivity index (χ0) is 18.4. The Balaban J connectivity index is -0.000000464. The molecule has 0 radical (unpaired) electrons. The lowest BCUT2D eigenvalue weighted by atomic mass is 9.89. The van der Waals surface area contributed by atoms with E-state index in [2.05, 4.69) is 57.8 Å². The van der Waals surface area contributed by atoms with Gasteiger partial charge in [0.15, 0.2) is 0 Å². The molecule has 0 amide bonds. The first-order chi connectivity index (χ1) is 11.7. The van der Waals surface area contributed by atoms with Crippen molar-refractivity contribution < 1.29 is 11.7 Å². The number of hydrogen-bond donors (Lipinski definition) is 1. The summed E-state index contributed by atoms with van der Waals surface area (Å²) in [5.74, 6) is 1.88. The van der Waals surface area contributed by atoms with Crippen molar-refractivity contribution in [1.29, 1.82) is 0 Å². The van der Waals surface area contributed by atoms with Crippen molar-refractivity contribution in [3.63, 3.8) is 0 Å². The summed E-state index contributed by atoms with van der Waals surface area (Å²) >= 11 is 0. The molecule has 1 aromatic carbocycles. The molecule has 25 heavy (non-hydrogen) atoms. The first-order valence-electron chi connectivity index (χ1n) is 9.41. The maximum atomic E-state index is 8.00. The Bertz CT molecular complexity index is 550. The normalized spacial score (nSPS) is 13.2. The summed E-state index contributed by atoms with van der Waals surface area (Å²) in [7, 11) is 0. The fourth-order valence-corrected chi connectivity index (χ4v) is 2.71. The molecule has 0 unspecified atom stereocenters. The second-order valence-electron chi connectivity index (χ2n) is 6.39. The maximum Gasteiger partial charge on any atom is 0.110 e. The molecule has 1 heterocycles. The van der Waals surface area contributed by atoms with Crippen LogP contribution >= 0.6 is 0 Å². The Morgan fingerprint density at radius 3 is 2.12 bits per heavy atom. The van der Waals surface area contributed by atoms with E-state index in [9.17, 15) is 0 Å². The second kappa shape index (κ2) is 15.8. The van der Waals surface area contributed by atoms with Gasteiger partial charge in [0.25, 0.3) is 0 Å². The van der Waals surface area contributed by atoms with Crippen LogP contribution in [0, 0.1) is 6.92 Å². The molecule has 1 aliphatic rings. The molecule has 3 rings (SSSR count). The molecule has 1 saturated carbocycles. The first kappa shape index (κ1) is 25.6. The topological polar surface area (TPSA) is 77.2 Å². The molecular formula is C21H40N2O2. The standard InChI is InChI=1S/C14H18N2.2C3H8.CH2O.H2O.H2/c1-10-7-8-12-13(9-10)16-14(15-12)11-5-3-2-4-6-11;2*1-3-2;1-2;;/h7-9,11H,2-6H2,1H3,(H,15,16);2*3H2,1-2H3;1H2;1H2;1H. The highest BCUT2D eigenvalue weighted by Gasteiger charge is 2.18. The lowest BCUT2D eigenvalue weighted by Crippen LogP contribution is -2.05. The number of carbonyl (C=O) groups excluding carboxylic acids is 1. The van der Waals surface area contributed by atoms with Gasteiger partial charge in [0.05, 0.1) is 11.0 Å². The van der Waals surface area contributed by atoms with Crippen molar-refractivity contribution in [2.45, 2.75) is 85.5 Å². The van der Waals surface area contributed by atoms with E-state index in [1.165, 1.54) is 61.9 Å². The van der Waals surface area contributed by atoms with Crippen LogP contribution in [-0.2, 0) is 4.79 Å². The zero-order valence-electron chi connectivity index (χ0n) is 16.8. The van der Waals surface area contributed by atoms with Crippen molar-refractivity contribution in [3.8, 4) is 0 Å². The highest BCUT2D eigenvalue weighted by atomic mass is 16.1. The minimum absolute atomic E-state index is 0. The van der Waals surface area contributed by atoms with E-state index in [-0.39, 0.29) is 6.90 Å². The molecule has 0 bridgehead atoms. The molecule has 4 heteroatoms. The molecule has 146 valence electrons. The summed E-state index contributed by atoms with van der Waals surface area (Å²) < 4.78 is 0. The molecule has 0 aliphatic heterocycles. The van der Waals surface area contributed by atoms with Gasteiger partial charge in [-0.3, -0.25) is 0 Å². The van der Waals surface area contributed by atoms with Gasteiger partial charge in [0.1, 0.15) is 12.6 Å². The molecule has 2 aromatic rings. The van der Waals surface area contributed by atoms with Crippen LogP contribution < -0.4 is 0 Å². The van der Waals surface area contributed by atoms with Crippen molar-refractivity contribution in [1.82, 2.24) is 9.97 Å². The monoisotopic (exact) mass is 352 g/mol. The van der Waals surface area contributed by atoms with Gasteiger partial charge < -0.3 is 15.3 Å². The Labute approximate surface area is 155 Å². The number of benzene rings is 1. The maximum absolute atomic E-state index is 8.00. The lowest BCUT2D eigenvalue weighted by molar-refractivity contribution is -0.0979. The number of imidazole rings is 1. The number of nitrogens with one attached hydrogen (secondary N) is 1. The molecular weight excluding hydrogens is 312 g/mol. The molecule has 0 atom stereocenters. The van der Waals surface area contributed by atoms with E-state index < -0.39 is 0 Å². The summed E-state index contributed by atoms with van der Waals surface area (Å²) in [6.45, 7) is 12.6. The number of H-pyrrole nitrogens is 1. The fraction of sp³-hybridized carbons (Fsp3) is 0.619. The third-order valence-electron chi connectivity index (χ3n) is 3.65. The van der Waals surface area contributed by atoms with Gasteiger partial charge in [-0.1, -0.05) is 65.9 Å². The molecule has 1 fully saturated rings. The quantitative estimate of drug-likeness (QED) is 0.684. The average Bonchev–Trinajstić information content (AvgIpc) is 3.02. The predicted molar refractivity (Wildman–Crippen MR) is 111 cm³/mol. The highest BCUT2D eigenvalue weighted by Crippen LogP contribution is 2.31. The van der Waals surface area contributed by atoms with Crippen LogP contribution in [0.3, 0.4) is 0 Å². The van der Waals surface area contributed by atoms with Crippen LogP contribution in [0.1, 0.15) is 91.4 Å². The minimum atomic E-state index is 0. The van der Waals surface area contributed by atoms with E-state index >= 15 is 0 Å². The number of aromatic amines is 1. The van der Waals surface area contributed by atoms with E-state index in [0.717, 1.165) is 5.52 Å². The largest absolute Gasteiger partial charge is 0.412 e. The Kier molecular flexibility index (Phi) is 16.2. The molecule has 1 aliphatic carbocycles. The average molecular weight is 353 g/mol. The van der Waals surface area contributed by atoms with Gasteiger partial charge in [-0.25, -0.2) is 4.98 Å². The molecule has 0 saturated heterocycles. The van der Waals surface area contributed by atoms with Crippen LogP contribution in [0.25, 0.3) is 11.0 Å². The Hall–Kier alpha value is -1.68. The van der Waals surface area contributed by atoms with E-state index in [1.807, 2.05) is 6.79 Å². The van der Waals surface area contributed by atoms with Gasteiger partial charge in [-0.15, -0.1) is 0 Å². The van der Waals surface area contributed by atoms with Crippen LogP contribution in [0.5, 0.6) is 0 Å². The van der Waals surface area contributed by atoms with Crippen molar-refractivity contribution in [3.05, 3.63) is 29.6 Å². The van der Waals surface area contributed by atoms with Gasteiger partial charge in [-0.2, -0.15) is 0 Å². The number of aromatic nitrogens is 2. The Morgan fingerprint density at radius 2 is 1.60 bits per heavy atom. The summed E-state index contributed by atoms with van der Waals surface area (Å²) in [4.78, 5) is 16.2. The minimum Gasteiger partial charge on any atom is -0.412 e. The number of carbonyl (C=O) groups is 1. The summed E-state index contributed by atoms with van der Waals surface area (Å²) in [5.41, 5.74) is 3.61. The number of hydrogen-bond acceptors (Lipinski definition) is 2. The number of nitrogens with zero attached hydrogens (tertiary/aromatic N) is 1. The van der Waals surface area contributed by atoms with Gasteiger partial charge in [0.2, 0.25) is 0 Å². The molecule has 1 aromatic heterocycles. The van der Waals surface area contributed by atoms with Crippen LogP contribution in [-0.4, -0.2) is 22.2 Å². The molecule has 0 spiro atoms. The van der Waals surface area contributed by atoms with Gasteiger partial charge in [-0.05, 0) is 37.5 Å². The third-order valence-corrected chi connectivity index (χ3v) is 3.65. The highest BCUT2D eigenvalue weighted by molar-refractivity contribution is 5.75. The van der Waals surface area contributed by atoms with Gasteiger partial charge >= 0.3 is 0 Å². The number of fused-ring (bicyclic) bond motifs is 1. The summed E-state index contributed by atoms with van der Waals surface area (Å²) in [5, 5.41) is 0. The Morgan fingerprint density at radius 1 is 1.08 bits per heavy atom. The third kappa shape index (κ3) is 9.40. The van der Waals surface area contributed by atoms with E-state index in [0.29, 0.717) is 5.92 Å². The lowest BCUT2D eigenvalue weighted by Gasteiger charge is -2.18. The predicted octanol–water partition coefficient (Wildman–Crippen LogP) is 5.99. The van der Waals surface area contributed by atoms with Crippen molar-refractivity contribution in [2.75, 3.05) is 0 Å². The molecule has 4 nitrogen and oxygen atoms in total.